The molecule has 0 amide bonds. The maximum absolute atomic E-state index is 4.50. The Balaban J connectivity index is 1.53. The topological polar surface area (TPSA) is 53.6 Å². The van der Waals surface area contributed by atoms with Crippen molar-refractivity contribution in [1.29, 1.82) is 0 Å². The second-order valence-corrected chi connectivity index (χ2v) is 6.76. The molecule has 0 saturated heterocycles. The van der Waals surface area contributed by atoms with Crippen LogP contribution < -0.4 is 5.32 Å². The summed E-state index contributed by atoms with van der Waals surface area (Å²) in [5, 5.41) is 11.4. The summed E-state index contributed by atoms with van der Waals surface area (Å²) in [5.74, 6) is 2.70. The molecule has 2 N–H and O–H groups in total. The number of H-pyrrole nitrogens is 1. The van der Waals surface area contributed by atoms with Gasteiger partial charge in [0.15, 0.2) is 0 Å². The second-order valence-electron chi connectivity index (χ2n) is 5.78. The molecule has 1 saturated carbocycles. The van der Waals surface area contributed by atoms with Crippen LogP contribution in [0, 0.1) is 12.8 Å². The predicted octanol–water partition coefficient (Wildman–Crippen LogP) is 4.53. The van der Waals surface area contributed by atoms with Gasteiger partial charge >= 0.3 is 0 Å². The quantitative estimate of drug-likeness (QED) is 0.797. The lowest BCUT2D eigenvalue weighted by molar-refractivity contribution is 0.391. The van der Waals surface area contributed by atoms with Crippen molar-refractivity contribution in [3.63, 3.8) is 0 Å². The standard InChI is InChI=1S/C16H22N4S/c1-12-6-5-9-14(10-12)17-15-18-16(20-19-15)21-11-13-7-3-2-4-8-13/h5-6,9-10,13H,2-4,7-8,11H2,1H3,(H2,17,18,19,20). The average molecular weight is 302 g/mol. The summed E-state index contributed by atoms with van der Waals surface area (Å²) in [6.45, 7) is 2.08. The number of aryl methyl sites for hydroxylation is 1. The van der Waals surface area contributed by atoms with Crippen LogP contribution in [0.15, 0.2) is 29.4 Å². The van der Waals surface area contributed by atoms with Crippen molar-refractivity contribution in [2.45, 2.75) is 44.2 Å². The van der Waals surface area contributed by atoms with Gasteiger partial charge in [-0.1, -0.05) is 43.2 Å². The highest BCUT2D eigenvalue weighted by atomic mass is 32.2. The Morgan fingerprint density at radius 1 is 1.29 bits per heavy atom. The molecule has 0 atom stereocenters. The molecule has 0 unspecified atom stereocenters. The summed E-state index contributed by atoms with van der Waals surface area (Å²) in [6, 6.07) is 8.24. The molecule has 21 heavy (non-hydrogen) atoms. The number of rotatable bonds is 5. The number of nitrogens with zero attached hydrogens (tertiary/aromatic N) is 2. The summed E-state index contributed by atoms with van der Waals surface area (Å²) in [7, 11) is 0. The van der Waals surface area contributed by atoms with Crippen LogP contribution in [0.3, 0.4) is 0 Å². The number of aromatic nitrogens is 3. The highest BCUT2D eigenvalue weighted by Gasteiger charge is 2.14. The zero-order chi connectivity index (χ0) is 14.5. The molecule has 1 aromatic heterocycles. The molecule has 1 heterocycles. The van der Waals surface area contributed by atoms with Gasteiger partial charge in [-0.05, 0) is 43.4 Å². The van der Waals surface area contributed by atoms with Gasteiger partial charge in [0.1, 0.15) is 0 Å². The van der Waals surface area contributed by atoms with E-state index < -0.39 is 0 Å². The summed E-state index contributed by atoms with van der Waals surface area (Å²) >= 11 is 1.77. The van der Waals surface area contributed by atoms with E-state index in [0.717, 1.165) is 22.5 Å². The van der Waals surface area contributed by atoms with Crippen LogP contribution in [0.1, 0.15) is 37.7 Å². The Morgan fingerprint density at radius 3 is 2.95 bits per heavy atom. The molecule has 3 rings (SSSR count). The van der Waals surface area contributed by atoms with Crippen molar-refractivity contribution in [2.24, 2.45) is 5.92 Å². The number of aromatic amines is 1. The van der Waals surface area contributed by atoms with Crippen LogP contribution in [0.5, 0.6) is 0 Å². The smallest absolute Gasteiger partial charge is 0.223 e. The summed E-state index contributed by atoms with van der Waals surface area (Å²) < 4.78 is 0. The van der Waals surface area contributed by atoms with Gasteiger partial charge in [-0.3, -0.25) is 0 Å². The van der Waals surface area contributed by atoms with Crippen LogP contribution in [-0.4, -0.2) is 20.9 Å². The fourth-order valence-electron chi connectivity index (χ4n) is 2.77. The molecule has 2 aromatic rings. The highest BCUT2D eigenvalue weighted by molar-refractivity contribution is 7.99. The Kier molecular flexibility index (Phi) is 4.80. The van der Waals surface area contributed by atoms with Crippen molar-refractivity contribution >= 4 is 23.4 Å². The summed E-state index contributed by atoms with van der Waals surface area (Å²) in [5.41, 5.74) is 2.27. The SMILES string of the molecule is Cc1cccc(Nc2nc(SCC3CCCCC3)n[nH]2)c1. The number of thioether (sulfide) groups is 1. The van der Waals surface area contributed by atoms with Gasteiger partial charge in [-0.2, -0.15) is 4.98 Å². The van der Waals surface area contributed by atoms with Crippen molar-refractivity contribution in [3.05, 3.63) is 29.8 Å². The zero-order valence-corrected chi connectivity index (χ0v) is 13.2. The maximum atomic E-state index is 4.50. The molecule has 112 valence electrons. The fourth-order valence-corrected chi connectivity index (χ4v) is 3.76. The van der Waals surface area contributed by atoms with Crippen molar-refractivity contribution in [2.75, 3.05) is 11.1 Å². The first kappa shape index (κ1) is 14.4. The minimum absolute atomic E-state index is 0.715. The largest absolute Gasteiger partial charge is 0.325 e. The average Bonchev–Trinajstić information content (AvgIpc) is 2.94. The third-order valence-electron chi connectivity index (χ3n) is 3.92. The fraction of sp³-hybridized carbons (Fsp3) is 0.500. The molecule has 0 bridgehead atoms. The molecule has 1 aromatic carbocycles. The van der Waals surface area contributed by atoms with Gasteiger partial charge in [-0.15, -0.1) is 5.10 Å². The van der Waals surface area contributed by atoms with Gasteiger partial charge in [-0.25, -0.2) is 5.10 Å². The summed E-state index contributed by atoms with van der Waals surface area (Å²) in [4.78, 5) is 4.50. The summed E-state index contributed by atoms with van der Waals surface area (Å²) in [6.07, 6.45) is 6.92. The van der Waals surface area contributed by atoms with Gasteiger partial charge in [0.2, 0.25) is 11.1 Å². The molecular formula is C16H22N4S. The minimum atomic E-state index is 0.715. The van der Waals surface area contributed by atoms with Crippen LogP contribution in [0.4, 0.5) is 11.6 Å². The monoisotopic (exact) mass is 302 g/mol. The number of hydrogen-bond acceptors (Lipinski definition) is 4. The molecule has 1 aliphatic carbocycles. The van der Waals surface area contributed by atoms with E-state index in [1.807, 2.05) is 12.1 Å². The normalized spacial score (nSPS) is 16.0. The van der Waals surface area contributed by atoms with Crippen LogP contribution in [-0.2, 0) is 0 Å². The van der Waals surface area contributed by atoms with E-state index in [2.05, 4.69) is 39.6 Å². The van der Waals surface area contributed by atoms with Crippen LogP contribution in [0.25, 0.3) is 0 Å². The lowest BCUT2D eigenvalue weighted by Crippen LogP contribution is -2.08. The van der Waals surface area contributed by atoms with Crippen LogP contribution in [0.2, 0.25) is 0 Å². The first-order chi connectivity index (χ1) is 10.3. The van der Waals surface area contributed by atoms with E-state index >= 15 is 0 Å². The first-order valence-corrected chi connectivity index (χ1v) is 8.67. The van der Waals surface area contributed by atoms with Gasteiger partial charge in [0.05, 0.1) is 0 Å². The molecule has 0 spiro atoms. The Labute approximate surface area is 130 Å². The Morgan fingerprint density at radius 2 is 2.14 bits per heavy atom. The Hall–Kier alpha value is -1.49. The van der Waals surface area contributed by atoms with Crippen LogP contribution >= 0.6 is 11.8 Å². The molecule has 4 nitrogen and oxygen atoms in total. The number of anilines is 2. The molecule has 0 radical (unpaired) electrons. The second kappa shape index (κ2) is 6.98. The lowest BCUT2D eigenvalue weighted by Gasteiger charge is -2.20. The highest BCUT2D eigenvalue weighted by Crippen LogP contribution is 2.29. The van der Waals surface area contributed by atoms with E-state index in [-0.39, 0.29) is 0 Å². The van der Waals surface area contributed by atoms with E-state index in [9.17, 15) is 0 Å². The van der Waals surface area contributed by atoms with Gasteiger partial charge in [0, 0.05) is 11.4 Å². The molecule has 5 heteroatoms. The van der Waals surface area contributed by atoms with E-state index in [1.54, 1.807) is 11.8 Å². The third-order valence-corrected chi connectivity index (χ3v) is 5.00. The Bertz CT molecular complexity index is 575. The first-order valence-electron chi connectivity index (χ1n) is 7.68. The molecule has 1 fully saturated rings. The number of benzene rings is 1. The van der Waals surface area contributed by atoms with Crippen molar-refractivity contribution < 1.29 is 0 Å². The molecule has 1 aliphatic rings. The molecule has 0 aliphatic heterocycles. The number of hydrogen-bond donors (Lipinski definition) is 2. The predicted molar refractivity (Wildman–Crippen MR) is 88.1 cm³/mol. The van der Waals surface area contributed by atoms with Gasteiger partial charge in [0.25, 0.3) is 0 Å². The van der Waals surface area contributed by atoms with Crippen molar-refractivity contribution in [1.82, 2.24) is 15.2 Å². The minimum Gasteiger partial charge on any atom is -0.325 e. The van der Waals surface area contributed by atoms with Gasteiger partial charge < -0.3 is 5.32 Å². The lowest BCUT2D eigenvalue weighted by atomic mass is 9.91. The van der Waals surface area contributed by atoms with E-state index in [1.165, 1.54) is 37.7 Å². The van der Waals surface area contributed by atoms with E-state index in [0.29, 0.717) is 5.95 Å². The third kappa shape index (κ3) is 4.24. The zero-order valence-electron chi connectivity index (χ0n) is 12.4. The van der Waals surface area contributed by atoms with E-state index in [4.69, 9.17) is 0 Å². The van der Waals surface area contributed by atoms with Crippen molar-refractivity contribution in [3.8, 4) is 0 Å². The molecular weight excluding hydrogens is 280 g/mol. The maximum Gasteiger partial charge on any atom is 0.223 e. The number of nitrogens with one attached hydrogen (secondary N) is 2.